The van der Waals surface area contributed by atoms with E-state index in [4.69, 9.17) is 14.6 Å². The van der Waals surface area contributed by atoms with E-state index in [1.165, 1.54) is 68.9 Å². The Kier molecular flexibility index (Phi) is 23.2. The van der Waals surface area contributed by atoms with Gasteiger partial charge in [0.15, 0.2) is 0 Å². The second-order valence-electron chi connectivity index (χ2n) is 9.35. The number of aldehydes is 1. The zero-order valence-electron chi connectivity index (χ0n) is 22.5. The lowest BCUT2D eigenvalue weighted by atomic mass is 10.1. The van der Waals surface area contributed by atoms with Crippen molar-refractivity contribution in [3.05, 3.63) is 71.8 Å². The van der Waals surface area contributed by atoms with Crippen molar-refractivity contribution >= 4 is 6.29 Å². The van der Waals surface area contributed by atoms with Crippen LogP contribution in [0.1, 0.15) is 101 Å². The number of benzene rings is 2. The number of hydrogen-bond donors (Lipinski definition) is 1. The Balaban J connectivity index is 0.000000360. The fraction of sp³-hybridized carbons (Fsp3) is 0.594. The van der Waals surface area contributed by atoms with Crippen molar-refractivity contribution in [3.8, 4) is 0 Å². The van der Waals surface area contributed by atoms with Crippen molar-refractivity contribution in [1.29, 1.82) is 0 Å². The van der Waals surface area contributed by atoms with E-state index in [-0.39, 0.29) is 0 Å². The van der Waals surface area contributed by atoms with Gasteiger partial charge in [0.2, 0.25) is 0 Å². The van der Waals surface area contributed by atoms with Gasteiger partial charge in [-0.1, -0.05) is 118 Å². The van der Waals surface area contributed by atoms with Crippen LogP contribution in [-0.4, -0.2) is 31.2 Å². The number of carbonyl (C=O) groups is 1. The topological polar surface area (TPSA) is 55.8 Å². The van der Waals surface area contributed by atoms with Gasteiger partial charge in [0.1, 0.15) is 6.29 Å². The Bertz CT molecular complexity index is 690. The first-order valence-corrected chi connectivity index (χ1v) is 14.1. The third-order valence-electron chi connectivity index (χ3n) is 6.03. The first kappa shape index (κ1) is 32.0. The summed E-state index contributed by atoms with van der Waals surface area (Å²) >= 11 is 0. The van der Waals surface area contributed by atoms with Crippen LogP contribution >= 0.6 is 0 Å². The zero-order valence-corrected chi connectivity index (χ0v) is 22.5. The number of rotatable bonds is 22. The molecule has 0 aliphatic rings. The van der Waals surface area contributed by atoms with Gasteiger partial charge in [-0.05, 0) is 36.8 Å². The summed E-state index contributed by atoms with van der Waals surface area (Å²) in [7, 11) is 0. The molecule has 36 heavy (non-hydrogen) atoms. The number of unbranched alkanes of at least 4 members (excludes halogenated alkanes) is 12. The smallest absolute Gasteiger partial charge is 0.119 e. The van der Waals surface area contributed by atoms with Gasteiger partial charge in [-0.2, -0.15) is 0 Å². The molecule has 2 aromatic carbocycles. The van der Waals surface area contributed by atoms with Gasteiger partial charge in [0.25, 0.3) is 0 Å². The first-order valence-electron chi connectivity index (χ1n) is 14.1. The Labute approximate surface area is 220 Å². The van der Waals surface area contributed by atoms with E-state index >= 15 is 0 Å². The highest BCUT2D eigenvalue weighted by Gasteiger charge is 1.95. The van der Waals surface area contributed by atoms with E-state index in [9.17, 15) is 4.79 Å². The van der Waals surface area contributed by atoms with E-state index < -0.39 is 0 Å². The van der Waals surface area contributed by atoms with Crippen molar-refractivity contribution in [1.82, 2.24) is 0 Å². The minimum absolute atomic E-state index is 0.341. The maximum absolute atomic E-state index is 10.1. The second-order valence-corrected chi connectivity index (χ2v) is 9.35. The lowest BCUT2D eigenvalue weighted by Crippen LogP contribution is -1.95. The normalized spacial score (nSPS) is 10.6. The van der Waals surface area contributed by atoms with Gasteiger partial charge in [-0.25, -0.2) is 0 Å². The molecule has 2 aromatic rings. The maximum Gasteiger partial charge on any atom is 0.119 e. The van der Waals surface area contributed by atoms with E-state index in [2.05, 4.69) is 24.3 Å². The molecule has 1 N–H and O–H groups in total. The third-order valence-corrected chi connectivity index (χ3v) is 6.03. The van der Waals surface area contributed by atoms with Crippen LogP contribution in [0.5, 0.6) is 0 Å². The van der Waals surface area contributed by atoms with Crippen LogP contribution < -0.4 is 0 Å². The highest BCUT2D eigenvalue weighted by atomic mass is 16.5. The molecule has 0 amide bonds. The van der Waals surface area contributed by atoms with Gasteiger partial charge in [0.05, 0.1) is 13.2 Å². The van der Waals surface area contributed by atoms with Gasteiger partial charge in [-0.3, -0.25) is 0 Å². The van der Waals surface area contributed by atoms with Gasteiger partial charge >= 0.3 is 0 Å². The fourth-order valence-electron chi connectivity index (χ4n) is 3.87. The van der Waals surface area contributed by atoms with Crippen molar-refractivity contribution in [2.75, 3.05) is 19.8 Å². The fourth-order valence-corrected chi connectivity index (χ4v) is 3.87. The van der Waals surface area contributed by atoms with Gasteiger partial charge in [-0.15, -0.1) is 0 Å². The molecule has 4 heteroatoms. The lowest BCUT2D eigenvalue weighted by molar-refractivity contribution is -0.107. The molecule has 0 unspecified atom stereocenters. The number of aliphatic hydroxyl groups is 1. The Hall–Kier alpha value is -2.01. The molecule has 202 valence electrons. The molecule has 2 rings (SSSR count). The SMILES string of the molecule is O=CCCCCCCCCOCc1ccccc1.OCCCCCCCCCOCc1ccccc1. The minimum atomic E-state index is 0.341. The second kappa shape index (κ2) is 26.1. The van der Waals surface area contributed by atoms with Crippen LogP contribution in [0.3, 0.4) is 0 Å². The average Bonchev–Trinajstić information content (AvgIpc) is 2.92. The summed E-state index contributed by atoms with van der Waals surface area (Å²) in [5.74, 6) is 0. The van der Waals surface area contributed by atoms with Crippen molar-refractivity contribution in [3.63, 3.8) is 0 Å². The molecule has 0 aliphatic carbocycles. The van der Waals surface area contributed by atoms with E-state index in [0.29, 0.717) is 6.61 Å². The monoisotopic (exact) mass is 498 g/mol. The minimum Gasteiger partial charge on any atom is -0.396 e. The standard InChI is InChI=1S/C16H26O2.C16H24O2/c2*17-13-9-4-2-1-3-5-10-14-18-15-16-11-7-6-8-12-16/h6-8,11-12,17H,1-5,9-10,13-15H2;6-8,11-13H,1-5,9-10,14-15H2. The van der Waals surface area contributed by atoms with Crippen LogP contribution in [0.2, 0.25) is 0 Å². The van der Waals surface area contributed by atoms with Crippen LogP contribution in [-0.2, 0) is 27.5 Å². The Morgan fingerprint density at radius 3 is 1.33 bits per heavy atom. The number of ether oxygens (including phenoxy) is 2. The summed E-state index contributed by atoms with van der Waals surface area (Å²) in [4.78, 5) is 10.1. The molecule has 4 nitrogen and oxygen atoms in total. The van der Waals surface area contributed by atoms with E-state index in [0.717, 1.165) is 64.8 Å². The molecular formula is C32H50O4. The summed E-state index contributed by atoms with van der Waals surface area (Å²) in [6.07, 6.45) is 17.2. The largest absolute Gasteiger partial charge is 0.396 e. The molecule has 0 aliphatic heterocycles. The van der Waals surface area contributed by atoms with Gasteiger partial charge in [0, 0.05) is 26.2 Å². The van der Waals surface area contributed by atoms with Crippen LogP contribution in [0.15, 0.2) is 60.7 Å². The molecule has 0 saturated heterocycles. The van der Waals surface area contributed by atoms with E-state index in [1.807, 2.05) is 36.4 Å². The number of hydrogen-bond acceptors (Lipinski definition) is 4. The zero-order chi connectivity index (χ0) is 25.8. The summed E-state index contributed by atoms with van der Waals surface area (Å²) in [6.45, 7) is 3.51. The number of aliphatic hydroxyl groups excluding tert-OH is 1. The molecule has 0 spiro atoms. The van der Waals surface area contributed by atoms with Crippen LogP contribution in [0.25, 0.3) is 0 Å². The highest BCUT2D eigenvalue weighted by Crippen LogP contribution is 2.09. The Morgan fingerprint density at radius 1 is 0.528 bits per heavy atom. The molecule has 0 fully saturated rings. The van der Waals surface area contributed by atoms with Crippen LogP contribution in [0.4, 0.5) is 0 Å². The molecular weight excluding hydrogens is 448 g/mol. The predicted octanol–water partition coefficient (Wildman–Crippen LogP) is 8.06. The third kappa shape index (κ3) is 21.3. The van der Waals surface area contributed by atoms with E-state index in [1.54, 1.807) is 0 Å². The quantitative estimate of drug-likeness (QED) is 0.132. The molecule has 0 atom stereocenters. The van der Waals surface area contributed by atoms with Crippen molar-refractivity contribution in [2.45, 2.75) is 103 Å². The van der Waals surface area contributed by atoms with Gasteiger partial charge < -0.3 is 19.4 Å². The summed E-state index contributed by atoms with van der Waals surface area (Å²) < 4.78 is 11.3. The predicted molar refractivity (Wildman–Crippen MR) is 150 cm³/mol. The van der Waals surface area contributed by atoms with Crippen molar-refractivity contribution < 1.29 is 19.4 Å². The average molecular weight is 499 g/mol. The molecule has 0 heterocycles. The van der Waals surface area contributed by atoms with Crippen LogP contribution in [0, 0.1) is 0 Å². The first-order chi connectivity index (χ1) is 17.9. The molecule has 0 aromatic heterocycles. The Morgan fingerprint density at radius 2 is 0.917 bits per heavy atom. The lowest BCUT2D eigenvalue weighted by Gasteiger charge is -2.04. The number of carbonyl (C=O) groups excluding carboxylic acids is 1. The summed E-state index contributed by atoms with van der Waals surface area (Å²) in [6, 6.07) is 20.6. The molecule has 0 radical (unpaired) electrons. The highest BCUT2D eigenvalue weighted by molar-refractivity contribution is 5.48. The summed E-state index contributed by atoms with van der Waals surface area (Å²) in [5, 5.41) is 8.64. The maximum atomic E-state index is 10.1. The van der Waals surface area contributed by atoms with Crippen molar-refractivity contribution in [2.24, 2.45) is 0 Å². The molecule has 0 bridgehead atoms. The molecule has 0 saturated carbocycles. The summed E-state index contributed by atoms with van der Waals surface area (Å²) in [5.41, 5.74) is 2.49.